The SMILES string of the molecule is Cc1ccnc(-c2nn3c(=O)cc(-c4ccc(C5CCCCC5)cc4)[nH]c3c2C(=O)N2CC(CF)C2)n1. The van der Waals surface area contributed by atoms with Crippen molar-refractivity contribution in [1.29, 1.82) is 0 Å². The molecule has 1 saturated carbocycles. The summed E-state index contributed by atoms with van der Waals surface area (Å²) in [5.74, 6) is 0.368. The number of aromatic amines is 1. The van der Waals surface area contributed by atoms with Crippen molar-refractivity contribution in [2.75, 3.05) is 19.8 Å². The van der Waals surface area contributed by atoms with Crippen LogP contribution in [0, 0.1) is 12.8 Å². The van der Waals surface area contributed by atoms with Gasteiger partial charge in [0.15, 0.2) is 11.5 Å². The highest BCUT2D eigenvalue weighted by molar-refractivity contribution is 6.05. The van der Waals surface area contributed by atoms with Crippen LogP contribution in [0.25, 0.3) is 28.4 Å². The van der Waals surface area contributed by atoms with Gasteiger partial charge < -0.3 is 9.88 Å². The zero-order valence-electron chi connectivity index (χ0n) is 20.8. The van der Waals surface area contributed by atoms with E-state index >= 15 is 0 Å². The number of alkyl halides is 1. The molecule has 1 N–H and O–H groups in total. The van der Waals surface area contributed by atoms with Crippen LogP contribution in [0.3, 0.4) is 0 Å². The van der Waals surface area contributed by atoms with Crippen LogP contribution in [0.2, 0.25) is 0 Å². The summed E-state index contributed by atoms with van der Waals surface area (Å²) in [6, 6.07) is 11.6. The molecule has 2 fully saturated rings. The normalized spacial score (nSPS) is 16.8. The number of carbonyl (C=O) groups is 1. The first-order valence-electron chi connectivity index (χ1n) is 12.9. The zero-order chi connectivity index (χ0) is 25.5. The maximum atomic E-state index is 13.6. The number of rotatable bonds is 5. The molecule has 6 rings (SSSR count). The molecule has 4 heterocycles. The number of fused-ring (bicyclic) bond motifs is 1. The molecule has 3 aromatic heterocycles. The number of hydrogen-bond donors (Lipinski definition) is 1. The number of aryl methyl sites for hydroxylation is 1. The van der Waals surface area contributed by atoms with E-state index in [0.717, 1.165) is 5.56 Å². The van der Waals surface area contributed by atoms with Crippen molar-refractivity contribution in [2.24, 2.45) is 5.92 Å². The Morgan fingerprint density at radius 2 is 1.86 bits per heavy atom. The zero-order valence-corrected chi connectivity index (χ0v) is 20.8. The van der Waals surface area contributed by atoms with Crippen molar-refractivity contribution in [2.45, 2.75) is 44.9 Å². The number of benzene rings is 1. The van der Waals surface area contributed by atoms with E-state index in [1.165, 1.54) is 48.2 Å². The van der Waals surface area contributed by atoms with Crippen LogP contribution in [0.4, 0.5) is 4.39 Å². The van der Waals surface area contributed by atoms with E-state index in [4.69, 9.17) is 0 Å². The third kappa shape index (κ3) is 4.32. The third-order valence-corrected chi connectivity index (χ3v) is 7.60. The fourth-order valence-electron chi connectivity index (χ4n) is 5.48. The smallest absolute Gasteiger partial charge is 0.274 e. The lowest BCUT2D eigenvalue weighted by molar-refractivity contribution is 0.0455. The minimum Gasteiger partial charge on any atom is -0.339 e. The Balaban J connectivity index is 1.44. The Hall–Kier alpha value is -3.88. The van der Waals surface area contributed by atoms with Gasteiger partial charge in [-0.3, -0.25) is 14.0 Å². The molecule has 0 atom stereocenters. The second-order valence-corrected chi connectivity index (χ2v) is 10.2. The standard InChI is InChI=1S/C28H29FN6O2/c1-17-11-12-30-26(31-17)25-24(28(37)34-15-18(14-29)16-34)27-32-22(13-23(36)35(27)33-25)21-9-7-20(8-10-21)19-5-3-2-4-6-19/h7-13,18-19,32H,2-6,14-16H2,1H3. The fraction of sp³-hybridized carbons (Fsp3) is 0.393. The molecular weight excluding hydrogens is 471 g/mol. The molecule has 1 aliphatic carbocycles. The maximum absolute atomic E-state index is 13.6. The first-order valence-corrected chi connectivity index (χ1v) is 12.9. The average molecular weight is 501 g/mol. The van der Waals surface area contributed by atoms with Gasteiger partial charge in [-0.05, 0) is 42.9 Å². The number of likely N-dealkylation sites (tertiary alicyclic amines) is 1. The summed E-state index contributed by atoms with van der Waals surface area (Å²) in [7, 11) is 0. The molecule has 1 saturated heterocycles. The number of nitrogens with one attached hydrogen (secondary N) is 1. The Labute approximate surface area is 213 Å². The summed E-state index contributed by atoms with van der Waals surface area (Å²) in [6.45, 7) is 2.01. The minimum absolute atomic E-state index is 0.165. The lowest BCUT2D eigenvalue weighted by Crippen LogP contribution is -2.50. The number of amides is 1. The summed E-state index contributed by atoms with van der Waals surface area (Å²) in [6.07, 6.45) is 7.87. The van der Waals surface area contributed by atoms with E-state index in [-0.39, 0.29) is 40.1 Å². The molecule has 4 aromatic rings. The molecule has 1 amide bonds. The summed E-state index contributed by atoms with van der Waals surface area (Å²) < 4.78 is 14.3. The highest BCUT2D eigenvalue weighted by atomic mass is 19.1. The molecule has 0 unspecified atom stereocenters. The number of aromatic nitrogens is 5. The van der Waals surface area contributed by atoms with E-state index in [2.05, 4.69) is 32.2 Å². The fourth-order valence-corrected chi connectivity index (χ4v) is 5.48. The number of H-pyrrole nitrogens is 1. The van der Waals surface area contributed by atoms with Gasteiger partial charge in [0, 0.05) is 37.0 Å². The molecule has 190 valence electrons. The molecule has 8 nitrogen and oxygen atoms in total. The van der Waals surface area contributed by atoms with Crippen molar-refractivity contribution in [3.8, 4) is 22.8 Å². The van der Waals surface area contributed by atoms with E-state index in [1.54, 1.807) is 17.2 Å². The first kappa shape index (κ1) is 23.5. The van der Waals surface area contributed by atoms with Crippen molar-refractivity contribution in [1.82, 2.24) is 29.5 Å². The minimum atomic E-state index is -0.468. The van der Waals surface area contributed by atoms with Gasteiger partial charge in [0.2, 0.25) is 0 Å². The van der Waals surface area contributed by atoms with Crippen LogP contribution in [-0.2, 0) is 0 Å². The van der Waals surface area contributed by atoms with Gasteiger partial charge in [0.1, 0.15) is 11.3 Å². The van der Waals surface area contributed by atoms with Gasteiger partial charge in [0.25, 0.3) is 11.5 Å². The molecule has 9 heteroatoms. The summed E-state index contributed by atoms with van der Waals surface area (Å²) >= 11 is 0. The predicted octanol–water partition coefficient (Wildman–Crippen LogP) is 4.54. The number of hydrogen-bond acceptors (Lipinski definition) is 5. The molecular formula is C28H29FN6O2. The quantitative estimate of drug-likeness (QED) is 0.434. The highest BCUT2D eigenvalue weighted by Gasteiger charge is 2.35. The van der Waals surface area contributed by atoms with Gasteiger partial charge in [-0.25, -0.2) is 9.97 Å². The van der Waals surface area contributed by atoms with Crippen LogP contribution in [-0.4, -0.2) is 55.1 Å². The van der Waals surface area contributed by atoms with Crippen LogP contribution in [0.5, 0.6) is 0 Å². The van der Waals surface area contributed by atoms with Gasteiger partial charge in [-0.1, -0.05) is 43.5 Å². The van der Waals surface area contributed by atoms with Crippen molar-refractivity contribution in [3.05, 3.63) is 69.8 Å². The second-order valence-electron chi connectivity index (χ2n) is 10.2. The molecule has 0 bridgehead atoms. The van der Waals surface area contributed by atoms with Crippen molar-refractivity contribution >= 4 is 11.6 Å². The van der Waals surface area contributed by atoms with E-state index < -0.39 is 6.67 Å². The molecule has 1 aromatic carbocycles. The Kier molecular flexibility index (Phi) is 6.06. The largest absolute Gasteiger partial charge is 0.339 e. The maximum Gasteiger partial charge on any atom is 0.274 e. The van der Waals surface area contributed by atoms with Crippen molar-refractivity contribution in [3.63, 3.8) is 0 Å². The molecule has 0 radical (unpaired) electrons. The predicted molar refractivity (Wildman–Crippen MR) is 138 cm³/mol. The van der Waals surface area contributed by atoms with Crippen LogP contribution in [0.15, 0.2) is 47.4 Å². The lowest BCUT2D eigenvalue weighted by Gasteiger charge is -2.37. The summed E-state index contributed by atoms with van der Waals surface area (Å²) in [4.78, 5) is 40.4. The number of carbonyl (C=O) groups excluding carboxylic acids is 1. The topological polar surface area (TPSA) is 96.2 Å². The monoisotopic (exact) mass is 500 g/mol. The summed E-state index contributed by atoms with van der Waals surface area (Å²) in [5.41, 5.74) is 3.87. The molecule has 0 spiro atoms. The Morgan fingerprint density at radius 3 is 2.57 bits per heavy atom. The number of nitrogens with zero attached hydrogens (tertiary/aromatic N) is 5. The van der Waals surface area contributed by atoms with E-state index in [9.17, 15) is 14.0 Å². The highest BCUT2D eigenvalue weighted by Crippen LogP contribution is 2.34. The van der Waals surface area contributed by atoms with E-state index in [0.29, 0.717) is 30.4 Å². The molecule has 2 aliphatic rings. The van der Waals surface area contributed by atoms with Crippen molar-refractivity contribution < 1.29 is 9.18 Å². The molecule has 1 aliphatic heterocycles. The van der Waals surface area contributed by atoms with Gasteiger partial charge in [-0.15, -0.1) is 0 Å². The van der Waals surface area contributed by atoms with Gasteiger partial charge >= 0.3 is 0 Å². The third-order valence-electron chi connectivity index (χ3n) is 7.60. The Bertz CT molecular complexity index is 1510. The van der Waals surface area contributed by atoms with E-state index in [1.807, 2.05) is 19.1 Å². The van der Waals surface area contributed by atoms with Crippen LogP contribution >= 0.6 is 0 Å². The lowest BCUT2D eigenvalue weighted by atomic mass is 9.84. The average Bonchev–Trinajstić information content (AvgIpc) is 3.29. The molecule has 37 heavy (non-hydrogen) atoms. The first-order chi connectivity index (χ1) is 18.0. The van der Waals surface area contributed by atoms with Gasteiger partial charge in [-0.2, -0.15) is 9.61 Å². The number of halogens is 1. The van der Waals surface area contributed by atoms with Crippen LogP contribution in [0.1, 0.15) is 59.6 Å². The Morgan fingerprint density at radius 1 is 1.11 bits per heavy atom. The van der Waals surface area contributed by atoms with Crippen LogP contribution < -0.4 is 5.56 Å². The second kappa shape index (κ2) is 9.53. The van der Waals surface area contributed by atoms with Gasteiger partial charge in [0.05, 0.1) is 12.4 Å². The summed E-state index contributed by atoms with van der Waals surface area (Å²) in [5, 5.41) is 4.46.